The van der Waals surface area contributed by atoms with Crippen LogP contribution in [0.2, 0.25) is 0 Å². The number of esters is 1. The second-order valence-electron chi connectivity index (χ2n) is 9.94. The molecule has 0 aliphatic carbocycles. The van der Waals surface area contributed by atoms with Gasteiger partial charge in [-0.1, -0.05) is 77.4 Å². The molecule has 0 bridgehead atoms. The lowest BCUT2D eigenvalue weighted by Gasteiger charge is -2.18. The predicted octanol–water partition coefficient (Wildman–Crippen LogP) is 5.43. The Labute approximate surface area is 239 Å². The molecule has 12 heteroatoms. The third-order valence-electron chi connectivity index (χ3n) is 6.05. The highest BCUT2D eigenvalue weighted by atomic mass is 31.2. The maximum absolute atomic E-state index is 12.0. The largest absolute Gasteiger partial charge is 0.480 e. The zero-order chi connectivity index (χ0) is 30.1. The number of aliphatic hydroxyl groups excluding tert-OH is 1. The molecule has 1 amide bonds. The molecule has 234 valence electrons. The van der Waals surface area contributed by atoms with E-state index in [9.17, 15) is 28.9 Å². The highest BCUT2D eigenvalue weighted by Gasteiger charge is 2.28. The highest BCUT2D eigenvalue weighted by molar-refractivity contribution is 7.47. The molecule has 0 spiro atoms. The molecule has 0 saturated carbocycles. The van der Waals surface area contributed by atoms with Gasteiger partial charge in [0.05, 0.1) is 13.2 Å². The molecule has 0 aliphatic rings. The molecule has 0 aromatic carbocycles. The fraction of sp³-hybridized carbons (Fsp3) is 0.821. The summed E-state index contributed by atoms with van der Waals surface area (Å²) in [5, 5.41) is 21.2. The summed E-state index contributed by atoms with van der Waals surface area (Å²) in [6.45, 7) is 2.20. The molecule has 40 heavy (non-hydrogen) atoms. The van der Waals surface area contributed by atoms with Crippen molar-refractivity contribution in [1.82, 2.24) is 5.32 Å². The summed E-state index contributed by atoms with van der Waals surface area (Å²) in [7, 11) is -4.72. The van der Waals surface area contributed by atoms with Crippen LogP contribution in [0.4, 0.5) is 0 Å². The molecule has 0 aromatic heterocycles. The Morgan fingerprint density at radius 1 is 0.775 bits per heavy atom. The van der Waals surface area contributed by atoms with Gasteiger partial charge in [0.15, 0.2) is 6.04 Å². The van der Waals surface area contributed by atoms with E-state index in [1.807, 2.05) is 6.92 Å². The first-order chi connectivity index (χ1) is 19.1. The quantitative estimate of drug-likeness (QED) is 0.0417. The lowest BCUT2D eigenvalue weighted by molar-refractivity contribution is -0.147. The fourth-order valence-corrected chi connectivity index (χ4v) is 4.41. The molecule has 0 aliphatic heterocycles. The number of hydrogen-bond donors (Lipinski definition) is 4. The van der Waals surface area contributed by atoms with E-state index in [0.717, 1.165) is 44.9 Å². The van der Waals surface area contributed by atoms with Crippen molar-refractivity contribution in [3.05, 3.63) is 12.2 Å². The third kappa shape index (κ3) is 24.1. The van der Waals surface area contributed by atoms with Crippen LogP contribution >= 0.6 is 7.82 Å². The molecule has 11 nitrogen and oxygen atoms in total. The summed E-state index contributed by atoms with van der Waals surface area (Å²) < 4.78 is 26.2. The van der Waals surface area contributed by atoms with E-state index in [1.54, 1.807) is 0 Å². The van der Waals surface area contributed by atoms with Crippen LogP contribution in [0.15, 0.2) is 12.2 Å². The van der Waals surface area contributed by atoms with E-state index in [2.05, 4.69) is 33.4 Å². The number of unbranched alkanes of at least 4 members (excludes halogenated alkanes) is 11. The van der Waals surface area contributed by atoms with Crippen LogP contribution in [0, 0.1) is 0 Å². The summed E-state index contributed by atoms with van der Waals surface area (Å²) >= 11 is 0. The smallest absolute Gasteiger partial charge is 0.472 e. The number of hydrogen-bond acceptors (Lipinski definition) is 8. The van der Waals surface area contributed by atoms with E-state index in [1.165, 1.54) is 32.1 Å². The Hall–Kier alpha value is -1.78. The number of phosphoric ester groups is 1. The first-order valence-electron chi connectivity index (χ1n) is 14.7. The van der Waals surface area contributed by atoms with Gasteiger partial charge in [-0.2, -0.15) is 0 Å². The summed E-state index contributed by atoms with van der Waals surface area (Å²) in [6.07, 6.45) is 18.4. The number of carbonyl (C=O) groups is 3. The van der Waals surface area contributed by atoms with Crippen LogP contribution in [0.5, 0.6) is 0 Å². The first-order valence-corrected chi connectivity index (χ1v) is 16.2. The number of rotatable bonds is 27. The number of carboxylic acid groups (broad SMARTS) is 1. The van der Waals surface area contributed by atoms with Crippen LogP contribution < -0.4 is 5.32 Å². The molecule has 0 heterocycles. The molecule has 4 N–H and O–H groups in total. The van der Waals surface area contributed by atoms with Gasteiger partial charge in [-0.25, -0.2) is 9.36 Å². The molecule has 0 rings (SSSR count). The van der Waals surface area contributed by atoms with Crippen molar-refractivity contribution in [2.24, 2.45) is 0 Å². The number of carbonyl (C=O) groups excluding carboxylic acids is 2. The number of phosphoric acid groups is 1. The topological polar surface area (TPSA) is 169 Å². The minimum absolute atomic E-state index is 0.121. The number of allylic oxidation sites excluding steroid dienone is 2. The monoisotopic (exact) mass is 593 g/mol. The van der Waals surface area contributed by atoms with Crippen molar-refractivity contribution >= 4 is 25.7 Å². The molecule has 0 radical (unpaired) electrons. The van der Waals surface area contributed by atoms with Crippen LogP contribution in [0.3, 0.4) is 0 Å². The van der Waals surface area contributed by atoms with Crippen LogP contribution in [0.25, 0.3) is 0 Å². The number of ether oxygens (including phenoxy) is 1. The van der Waals surface area contributed by atoms with E-state index < -0.39 is 57.6 Å². The summed E-state index contributed by atoms with van der Waals surface area (Å²) in [4.78, 5) is 44.6. The van der Waals surface area contributed by atoms with E-state index in [-0.39, 0.29) is 12.8 Å². The van der Waals surface area contributed by atoms with Gasteiger partial charge in [-0.05, 0) is 38.5 Å². The Balaban J connectivity index is 3.91. The van der Waals surface area contributed by atoms with Crippen molar-refractivity contribution in [3.63, 3.8) is 0 Å². The molecular formula is C28H52NO10P. The molecular weight excluding hydrogens is 541 g/mol. The molecule has 0 aromatic rings. The molecule has 3 atom stereocenters. The highest BCUT2D eigenvalue weighted by Crippen LogP contribution is 2.43. The van der Waals surface area contributed by atoms with Gasteiger partial charge < -0.3 is 25.2 Å². The van der Waals surface area contributed by atoms with Crippen LogP contribution in [-0.4, -0.2) is 64.9 Å². The number of aliphatic hydroxyl groups is 1. The normalized spacial score (nSPS) is 14.5. The third-order valence-corrected chi connectivity index (χ3v) is 7.01. The minimum Gasteiger partial charge on any atom is -0.480 e. The van der Waals surface area contributed by atoms with Crippen molar-refractivity contribution in [1.29, 1.82) is 0 Å². The zero-order valence-electron chi connectivity index (χ0n) is 24.4. The van der Waals surface area contributed by atoms with E-state index in [0.29, 0.717) is 12.8 Å². The van der Waals surface area contributed by atoms with Gasteiger partial charge in [-0.15, -0.1) is 0 Å². The maximum atomic E-state index is 12.0. The van der Waals surface area contributed by atoms with Crippen molar-refractivity contribution in [2.75, 3.05) is 19.8 Å². The van der Waals surface area contributed by atoms with Gasteiger partial charge in [0.1, 0.15) is 12.7 Å². The average Bonchev–Trinajstić information content (AvgIpc) is 2.91. The minimum atomic E-state index is -4.72. The maximum Gasteiger partial charge on any atom is 0.472 e. The zero-order valence-corrected chi connectivity index (χ0v) is 25.3. The lowest BCUT2D eigenvalue weighted by atomic mass is 10.1. The number of carboxylic acids is 1. The SMILES string of the molecule is CCCCCCC/C=C\CCCCCCCC(=O)OCC(O)COP(=O)(O)OCC(NC(=O)CCCC)C(=O)O. The van der Waals surface area contributed by atoms with Crippen molar-refractivity contribution in [3.8, 4) is 0 Å². The lowest BCUT2D eigenvalue weighted by Crippen LogP contribution is -2.43. The summed E-state index contributed by atoms with van der Waals surface area (Å²) in [6, 6.07) is -1.54. The molecule has 0 fully saturated rings. The Bertz CT molecular complexity index is 761. The van der Waals surface area contributed by atoms with Gasteiger partial charge >= 0.3 is 19.8 Å². The summed E-state index contributed by atoms with van der Waals surface area (Å²) in [5.41, 5.74) is 0. The van der Waals surface area contributed by atoms with Crippen molar-refractivity contribution < 1.29 is 47.8 Å². The second-order valence-corrected chi connectivity index (χ2v) is 11.4. The van der Waals surface area contributed by atoms with Crippen LogP contribution in [0.1, 0.15) is 117 Å². The van der Waals surface area contributed by atoms with Gasteiger partial charge in [0.2, 0.25) is 5.91 Å². The second kappa shape index (κ2) is 25.0. The Kier molecular flexibility index (Phi) is 23.9. The molecule has 3 unspecified atom stereocenters. The van der Waals surface area contributed by atoms with Gasteiger partial charge in [-0.3, -0.25) is 18.6 Å². The van der Waals surface area contributed by atoms with E-state index >= 15 is 0 Å². The number of amides is 1. The van der Waals surface area contributed by atoms with Gasteiger partial charge in [0.25, 0.3) is 0 Å². The first kappa shape index (κ1) is 38.2. The molecule has 0 saturated heterocycles. The van der Waals surface area contributed by atoms with Gasteiger partial charge in [0, 0.05) is 12.8 Å². The average molecular weight is 594 g/mol. The standard InChI is InChI=1S/C28H52NO10P/c1-3-5-7-8-9-10-11-12-13-14-15-16-17-18-20-27(32)37-21-24(30)22-38-40(35,36)39-23-25(28(33)34)29-26(31)19-6-4-2/h11-12,24-25,30H,3-10,13-23H2,1-2H3,(H,29,31)(H,33,34)(H,35,36)/b12-11-. The number of aliphatic carboxylic acids is 1. The summed E-state index contributed by atoms with van der Waals surface area (Å²) in [5.74, 6) is -2.43. The fourth-order valence-electron chi connectivity index (χ4n) is 3.64. The predicted molar refractivity (Wildman–Crippen MR) is 153 cm³/mol. The Morgan fingerprint density at radius 2 is 1.32 bits per heavy atom. The number of nitrogens with one attached hydrogen (secondary N) is 1. The van der Waals surface area contributed by atoms with Crippen molar-refractivity contribution in [2.45, 2.75) is 129 Å². The Morgan fingerprint density at radius 3 is 1.93 bits per heavy atom. The van der Waals surface area contributed by atoms with E-state index in [4.69, 9.17) is 9.84 Å². The van der Waals surface area contributed by atoms with Crippen LogP contribution in [-0.2, 0) is 32.7 Å².